The minimum absolute atomic E-state index is 0.0983. The summed E-state index contributed by atoms with van der Waals surface area (Å²) in [5.74, 6) is 0. The van der Waals surface area contributed by atoms with Crippen molar-refractivity contribution in [3.8, 4) is 0 Å². The van der Waals surface area contributed by atoms with Crippen molar-refractivity contribution in [3.05, 3.63) is 29.8 Å². The summed E-state index contributed by atoms with van der Waals surface area (Å²) < 4.78 is 11.5. The fourth-order valence-electron chi connectivity index (χ4n) is 2.05. The van der Waals surface area contributed by atoms with Gasteiger partial charge in [-0.3, -0.25) is 0 Å². The Kier molecular flexibility index (Phi) is 4.40. The number of nitrogen functional groups attached to an aromatic ring is 1. The Morgan fingerprint density at radius 3 is 2.76 bits per heavy atom. The Balaban J connectivity index is 1.80. The summed E-state index contributed by atoms with van der Waals surface area (Å²) in [7, 11) is 0. The standard InChI is InChI=1S/C14H21NO2/c1-11(12-5-7-13(15)8-6-12)17-10-14-4-2-3-9-16-14/h5-8,11,14H,2-4,9-10,15H2,1H3. The van der Waals surface area contributed by atoms with Gasteiger partial charge in [0, 0.05) is 12.3 Å². The second kappa shape index (κ2) is 6.03. The molecule has 1 saturated heterocycles. The first kappa shape index (κ1) is 12.4. The van der Waals surface area contributed by atoms with Gasteiger partial charge in [0.2, 0.25) is 0 Å². The highest BCUT2D eigenvalue weighted by Crippen LogP contribution is 2.20. The zero-order chi connectivity index (χ0) is 12.1. The van der Waals surface area contributed by atoms with Crippen LogP contribution in [0.25, 0.3) is 0 Å². The van der Waals surface area contributed by atoms with Crippen molar-refractivity contribution in [2.75, 3.05) is 18.9 Å². The molecule has 17 heavy (non-hydrogen) atoms. The summed E-state index contributed by atoms with van der Waals surface area (Å²) in [6.07, 6.45) is 3.93. The molecule has 2 atom stereocenters. The summed E-state index contributed by atoms with van der Waals surface area (Å²) in [6, 6.07) is 7.85. The van der Waals surface area contributed by atoms with Gasteiger partial charge in [0.05, 0.1) is 18.8 Å². The van der Waals surface area contributed by atoms with Gasteiger partial charge in [-0.25, -0.2) is 0 Å². The maximum atomic E-state index is 5.84. The van der Waals surface area contributed by atoms with Crippen LogP contribution in [0.1, 0.15) is 37.9 Å². The van der Waals surface area contributed by atoms with E-state index in [-0.39, 0.29) is 12.2 Å². The molecule has 1 aromatic rings. The van der Waals surface area contributed by atoms with E-state index in [4.69, 9.17) is 15.2 Å². The van der Waals surface area contributed by atoms with Gasteiger partial charge in [-0.15, -0.1) is 0 Å². The van der Waals surface area contributed by atoms with E-state index in [0.29, 0.717) is 6.61 Å². The highest BCUT2D eigenvalue weighted by atomic mass is 16.5. The minimum Gasteiger partial charge on any atom is -0.399 e. The lowest BCUT2D eigenvalue weighted by molar-refractivity contribution is -0.0598. The van der Waals surface area contributed by atoms with Crippen LogP contribution < -0.4 is 5.73 Å². The van der Waals surface area contributed by atoms with Crippen LogP contribution in [-0.2, 0) is 9.47 Å². The van der Waals surface area contributed by atoms with E-state index in [9.17, 15) is 0 Å². The number of nitrogens with two attached hydrogens (primary N) is 1. The molecule has 0 saturated carbocycles. The molecule has 1 aliphatic rings. The van der Waals surface area contributed by atoms with Gasteiger partial charge in [0.1, 0.15) is 0 Å². The average Bonchev–Trinajstić information content (AvgIpc) is 2.38. The van der Waals surface area contributed by atoms with Gasteiger partial charge in [0.15, 0.2) is 0 Å². The lowest BCUT2D eigenvalue weighted by Gasteiger charge is -2.24. The van der Waals surface area contributed by atoms with Crippen LogP contribution in [0.2, 0.25) is 0 Å². The summed E-state index contributed by atoms with van der Waals surface area (Å²) in [6.45, 7) is 3.63. The lowest BCUT2D eigenvalue weighted by Crippen LogP contribution is -2.25. The third-order valence-corrected chi connectivity index (χ3v) is 3.21. The van der Waals surface area contributed by atoms with Crippen molar-refractivity contribution in [1.82, 2.24) is 0 Å². The summed E-state index contributed by atoms with van der Waals surface area (Å²) >= 11 is 0. The SMILES string of the molecule is CC(OCC1CCCCO1)c1ccc(N)cc1. The lowest BCUT2D eigenvalue weighted by atomic mass is 10.1. The van der Waals surface area contributed by atoms with Gasteiger partial charge >= 0.3 is 0 Å². The van der Waals surface area contributed by atoms with Crippen molar-refractivity contribution in [2.45, 2.75) is 38.4 Å². The minimum atomic E-state index is 0.0983. The molecule has 3 nitrogen and oxygen atoms in total. The van der Waals surface area contributed by atoms with Crippen molar-refractivity contribution in [3.63, 3.8) is 0 Å². The molecular formula is C14H21NO2. The molecule has 0 spiro atoms. The fourth-order valence-corrected chi connectivity index (χ4v) is 2.05. The monoisotopic (exact) mass is 235 g/mol. The molecule has 2 N–H and O–H groups in total. The predicted molar refractivity (Wildman–Crippen MR) is 68.8 cm³/mol. The number of benzene rings is 1. The van der Waals surface area contributed by atoms with Crippen LogP contribution in [0, 0.1) is 0 Å². The number of hydrogen-bond donors (Lipinski definition) is 1. The Bertz CT molecular complexity index is 331. The van der Waals surface area contributed by atoms with Gasteiger partial charge in [-0.1, -0.05) is 12.1 Å². The highest BCUT2D eigenvalue weighted by Gasteiger charge is 2.15. The predicted octanol–water partition coefficient (Wildman–Crippen LogP) is 2.92. The first-order valence-electron chi connectivity index (χ1n) is 6.34. The van der Waals surface area contributed by atoms with Crippen LogP contribution in [0.5, 0.6) is 0 Å². The molecule has 0 amide bonds. The molecule has 1 heterocycles. The third kappa shape index (κ3) is 3.72. The molecule has 1 aromatic carbocycles. The van der Waals surface area contributed by atoms with Gasteiger partial charge in [0.25, 0.3) is 0 Å². The van der Waals surface area contributed by atoms with Crippen molar-refractivity contribution in [2.24, 2.45) is 0 Å². The number of ether oxygens (including phenoxy) is 2. The molecule has 0 aliphatic carbocycles. The largest absolute Gasteiger partial charge is 0.399 e. The maximum Gasteiger partial charge on any atom is 0.0808 e. The molecule has 2 unspecified atom stereocenters. The molecule has 1 aliphatic heterocycles. The van der Waals surface area contributed by atoms with Gasteiger partial charge in [-0.05, 0) is 43.9 Å². The summed E-state index contributed by atoms with van der Waals surface area (Å²) in [5, 5.41) is 0. The van der Waals surface area contributed by atoms with Crippen molar-refractivity contribution < 1.29 is 9.47 Å². The summed E-state index contributed by atoms with van der Waals surface area (Å²) in [4.78, 5) is 0. The van der Waals surface area contributed by atoms with Crippen LogP contribution in [0.3, 0.4) is 0 Å². The van der Waals surface area contributed by atoms with Gasteiger partial charge < -0.3 is 15.2 Å². The van der Waals surface area contributed by atoms with Crippen LogP contribution in [0.15, 0.2) is 24.3 Å². The normalized spacial score (nSPS) is 22.3. The Hall–Kier alpha value is -1.06. The number of rotatable bonds is 4. The highest BCUT2D eigenvalue weighted by molar-refractivity contribution is 5.39. The third-order valence-electron chi connectivity index (χ3n) is 3.21. The molecule has 0 radical (unpaired) electrons. The molecule has 94 valence electrons. The number of hydrogen-bond acceptors (Lipinski definition) is 3. The first-order valence-corrected chi connectivity index (χ1v) is 6.34. The first-order chi connectivity index (χ1) is 8.25. The van der Waals surface area contributed by atoms with Crippen molar-refractivity contribution >= 4 is 5.69 Å². The molecule has 0 bridgehead atoms. The zero-order valence-electron chi connectivity index (χ0n) is 10.4. The molecule has 2 rings (SSSR count). The summed E-state index contributed by atoms with van der Waals surface area (Å²) in [5.41, 5.74) is 7.61. The number of anilines is 1. The van der Waals surface area contributed by atoms with E-state index in [2.05, 4.69) is 6.92 Å². The smallest absolute Gasteiger partial charge is 0.0808 e. The zero-order valence-corrected chi connectivity index (χ0v) is 10.4. The molecular weight excluding hydrogens is 214 g/mol. The van der Waals surface area contributed by atoms with E-state index in [0.717, 1.165) is 24.3 Å². The van der Waals surface area contributed by atoms with E-state index in [1.807, 2.05) is 24.3 Å². The molecule has 1 fully saturated rings. The van der Waals surface area contributed by atoms with Crippen molar-refractivity contribution in [1.29, 1.82) is 0 Å². The van der Waals surface area contributed by atoms with Crippen LogP contribution >= 0.6 is 0 Å². The van der Waals surface area contributed by atoms with Gasteiger partial charge in [-0.2, -0.15) is 0 Å². The Morgan fingerprint density at radius 2 is 2.12 bits per heavy atom. The van der Waals surface area contributed by atoms with E-state index in [1.54, 1.807) is 0 Å². The Morgan fingerprint density at radius 1 is 1.35 bits per heavy atom. The molecule has 0 aromatic heterocycles. The Labute approximate surface area is 103 Å². The second-order valence-electron chi connectivity index (χ2n) is 4.63. The quantitative estimate of drug-likeness (QED) is 0.816. The van der Waals surface area contributed by atoms with E-state index < -0.39 is 0 Å². The molecule has 3 heteroatoms. The maximum absolute atomic E-state index is 5.84. The van der Waals surface area contributed by atoms with E-state index >= 15 is 0 Å². The topological polar surface area (TPSA) is 44.5 Å². The second-order valence-corrected chi connectivity index (χ2v) is 4.63. The van der Waals surface area contributed by atoms with Crippen LogP contribution in [0.4, 0.5) is 5.69 Å². The van der Waals surface area contributed by atoms with Crippen LogP contribution in [-0.4, -0.2) is 19.3 Å². The fraction of sp³-hybridized carbons (Fsp3) is 0.571. The van der Waals surface area contributed by atoms with E-state index in [1.165, 1.54) is 12.8 Å². The average molecular weight is 235 g/mol.